The number of Topliss-reactive ketones (excluding diaryl/α,β-unsaturated/α-hetero) is 1. The van der Waals surface area contributed by atoms with Crippen molar-refractivity contribution in [1.82, 2.24) is 0 Å². The van der Waals surface area contributed by atoms with Crippen molar-refractivity contribution in [2.75, 3.05) is 0 Å². The maximum Gasteiger partial charge on any atom is 0.130 e. The van der Waals surface area contributed by atoms with Crippen molar-refractivity contribution in [3.8, 4) is 0 Å². The summed E-state index contributed by atoms with van der Waals surface area (Å²) in [7, 11) is 0. The number of hydrogen-bond acceptors (Lipinski definition) is 1. The van der Waals surface area contributed by atoms with Gasteiger partial charge in [-0.05, 0) is 50.4 Å². The fourth-order valence-electron chi connectivity index (χ4n) is 3.09. The molecule has 1 nitrogen and oxygen atoms in total. The maximum absolute atomic E-state index is 10.7. The van der Waals surface area contributed by atoms with Crippen molar-refractivity contribution in [3.05, 3.63) is 12.2 Å². The number of fused-ring (bicyclic) bond motifs is 2. The minimum absolute atomic E-state index is 0.308. The molecule has 0 saturated heterocycles. The second-order valence-electron chi connectivity index (χ2n) is 5.01. The second-order valence-corrected chi connectivity index (χ2v) is 5.01. The minimum Gasteiger partial charge on any atom is -0.300 e. The molecule has 14 heavy (non-hydrogen) atoms. The van der Waals surface area contributed by atoms with E-state index in [0.29, 0.717) is 5.78 Å². The quantitative estimate of drug-likeness (QED) is 0.624. The van der Waals surface area contributed by atoms with Gasteiger partial charge in [0.05, 0.1) is 0 Å². The van der Waals surface area contributed by atoms with Gasteiger partial charge in [-0.2, -0.15) is 0 Å². The molecule has 0 amide bonds. The van der Waals surface area contributed by atoms with E-state index < -0.39 is 0 Å². The Morgan fingerprint density at radius 3 is 2.79 bits per heavy atom. The average Bonchev–Trinajstić information content (AvgIpc) is 2.73. The summed E-state index contributed by atoms with van der Waals surface area (Å²) in [6.45, 7) is 1.67. The molecule has 3 unspecified atom stereocenters. The zero-order chi connectivity index (χ0) is 9.97. The summed E-state index contributed by atoms with van der Waals surface area (Å²) in [6, 6.07) is 0. The van der Waals surface area contributed by atoms with E-state index in [1.165, 1.54) is 25.7 Å². The molecule has 0 spiro atoms. The van der Waals surface area contributed by atoms with E-state index in [2.05, 4.69) is 12.2 Å². The average molecular weight is 192 g/mol. The third kappa shape index (κ3) is 2.26. The van der Waals surface area contributed by atoms with Crippen molar-refractivity contribution < 1.29 is 4.79 Å². The van der Waals surface area contributed by atoms with Crippen LogP contribution >= 0.6 is 0 Å². The van der Waals surface area contributed by atoms with E-state index >= 15 is 0 Å². The summed E-state index contributed by atoms with van der Waals surface area (Å²) in [5.41, 5.74) is 0. The Balaban J connectivity index is 1.73. The highest BCUT2D eigenvalue weighted by molar-refractivity contribution is 5.75. The van der Waals surface area contributed by atoms with Crippen LogP contribution in [0.25, 0.3) is 0 Å². The predicted octanol–water partition coefficient (Wildman–Crippen LogP) is 3.35. The Morgan fingerprint density at radius 1 is 1.36 bits per heavy atom. The third-order valence-corrected chi connectivity index (χ3v) is 3.84. The van der Waals surface area contributed by atoms with Gasteiger partial charge in [0.15, 0.2) is 0 Å². The van der Waals surface area contributed by atoms with Crippen LogP contribution in [0.1, 0.15) is 45.4 Å². The van der Waals surface area contributed by atoms with Crippen LogP contribution in [0.5, 0.6) is 0 Å². The molecule has 2 bridgehead atoms. The van der Waals surface area contributed by atoms with Crippen molar-refractivity contribution in [3.63, 3.8) is 0 Å². The molecule has 0 N–H and O–H groups in total. The maximum atomic E-state index is 10.7. The number of rotatable bonds is 4. The lowest BCUT2D eigenvalue weighted by atomic mass is 9.88. The fourth-order valence-corrected chi connectivity index (χ4v) is 3.09. The van der Waals surface area contributed by atoms with Crippen LogP contribution in [0.4, 0.5) is 0 Å². The van der Waals surface area contributed by atoms with Gasteiger partial charge in [0.2, 0.25) is 0 Å². The Kier molecular flexibility index (Phi) is 3.05. The van der Waals surface area contributed by atoms with Gasteiger partial charge < -0.3 is 4.79 Å². The first-order chi connectivity index (χ1) is 6.75. The van der Waals surface area contributed by atoms with Gasteiger partial charge in [0.25, 0.3) is 0 Å². The van der Waals surface area contributed by atoms with Gasteiger partial charge >= 0.3 is 0 Å². The van der Waals surface area contributed by atoms with E-state index in [4.69, 9.17) is 0 Å². The largest absolute Gasteiger partial charge is 0.300 e. The van der Waals surface area contributed by atoms with Crippen molar-refractivity contribution >= 4 is 5.78 Å². The number of allylic oxidation sites excluding steroid dienone is 2. The van der Waals surface area contributed by atoms with Crippen LogP contribution in [-0.2, 0) is 4.79 Å². The SMILES string of the molecule is CC(=O)CCC=CC1CC2CCC1C2. The van der Waals surface area contributed by atoms with Crippen LogP contribution in [0.15, 0.2) is 12.2 Å². The molecule has 1 heteroatoms. The van der Waals surface area contributed by atoms with Crippen LogP contribution in [0.3, 0.4) is 0 Å². The molecule has 0 aromatic carbocycles. The Bertz CT molecular complexity index is 242. The smallest absolute Gasteiger partial charge is 0.130 e. The number of carbonyl (C=O) groups is 1. The molecule has 0 radical (unpaired) electrons. The summed E-state index contributed by atoms with van der Waals surface area (Å²) in [6.07, 6.45) is 12.1. The Hall–Kier alpha value is -0.590. The van der Waals surface area contributed by atoms with Crippen LogP contribution in [0.2, 0.25) is 0 Å². The highest BCUT2D eigenvalue weighted by atomic mass is 16.1. The zero-order valence-electron chi connectivity index (χ0n) is 9.04. The lowest BCUT2D eigenvalue weighted by Gasteiger charge is -2.17. The lowest BCUT2D eigenvalue weighted by molar-refractivity contribution is -0.116. The van der Waals surface area contributed by atoms with E-state index in [9.17, 15) is 4.79 Å². The van der Waals surface area contributed by atoms with Gasteiger partial charge in [-0.3, -0.25) is 0 Å². The second kappa shape index (κ2) is 4.29. The fraction of sp³-hybridized carbons (Fsp3) is 0.769. The van der Waals surface area contributed by atoms with Gasteiger partial charge in [-0.25, -0.2) is 0 Å². The topological polar surface area (TPSA) is 17.1 Å². The molecule has 2 fully saturated rings. The number of ketones is 1. The summed E-state index contributed by atoms with van der Waals surface area (Å²) in [4.78, 5) is 10.7. The lowest BCUT2D eigenvalue weighted by Crippen LogP contribution is -2.06. The van der Waals surface area contributed by atoms with E-state index in [0.717, 1.165) is 30.6 Å². The molecular weight excluding hydrogens is 172 g/mol. The summed E-state index contributed by atoms with van der Waals surface area (Å²) in [5.74, 6) is 3.17. The number of carbonyl (C=O) groups excluding carboxylic acids is 1. The molecule has 0 heterocycles. The first-order valence-electron chi connectivity index (χ1n) is 5.92. The third-order valence-electron chi connectivity index (χ3n) is 3.84. The van der Waals surface area contributed by atoms with E-state index in [-0.39, 0.29) is 0 Å². The van der Waals surface area contributed by atoms with E-state index in [1.54, 1.807) is 6.92 Å². The summed E-state index contributed by atoms with van der Waals surface area (Å²) >= 11 is 0. The Labute approximate surface area is 86.6 Å². The van der Waals surface area contributed by atoms with Gasteiger partial charge in [0, 0.05) is 6.42 Å². The highest BCUT2D eigenvalue weighted by Crippen LogP contribution is 2.48. The zero-order valence-corrected chi connectivity index (χ0v) is 9.04. The molecule has 0 aromatic rings. The standard InChI is InChI=1S/C13H20O/c1-10(14)4-2-3-5-12-8-11-6-7-13(12)9-11/h3,5,11-13H,2,4,6-9H2,1H3. The van der Waals surface area contributed by atoms with E-state index in [1.807, 2.05) is 0 Å². The van der Waals surface area contributed by atoms with Gasteiger partial charge in [0.1, 0.15) is 5.78 Å². The monoisotopic (exact) mass is 192 g/mol. The first kappa shape index (κ1) is 9.95. The molecule has 0 aliphatic heterocycles. The molecule has 2 rings (SSSR count). The van der Waals surface area contributed by atoms with Gasteiger partial charge in [-0.1, -0.05) is 18.6 Å². The van der Waals surface area contributed by atoms with Crippen molar-refractivity contribution in [2.45, 2.75) is 45.4 Å². The first-order valence-corrected chi connectivity index (χ1v) is 5.92. The highest BCUT2D eigenvalue weighted by Gasteiger charge is 2.37. The number of hydrogen-bond donors (Lipinski definition) is 0. The summed E-state index contributed by atoms with van der Waals surface area (Å²) < 4.78 is 0. The normalized spacial score (nSPS) is 35.6. The molecular formula is C13H20O. The van der Waals surface area contributed by atoms with Crippen LogP contribution in [-0.4, -0.2) is 5.78 Å². The molecule has 78 valence electrons. The minimum atomic E-state index is 0.308. The van der Waals surface area contributed by atoms with Gasteiger partial charge in [-0.15, -0.1) is 0 Å². The predicted molar refractivity (Wildman–Crippen MR) is 58.0 cm³/mol. The molecule has 0 aromatic heterocycles. The van der Waals surface area contributed by atoms with Crippen LogP contribution in [0, 0.1) is 17.8 Å². The summed E-state index contributed by atoms with van der Waals surface area (Å²) in [5, 5.41) is 0. The molecule has 2 aliphatic carbocycles. The Morgan fingerprint density at radius 2 is 2.21 bits per heavy atom. The van der Waals surface area contributed by atoms with Crippen LogP contribution < -0.4 is 0 Å². The molecule has 3 atom stereocenters. The van der Waals surface area contributed by atoms with Crippen molar-refractivity contribution in [1.29, 1.82) is 0 Å². The molecule has 2 saturated carbocycles. The van der Waals surface area contributed by atoms with Crippen molar-refractivity contribution in [2.24, 2.45) is 17.8 Å². The molecule has 2 aliphatic rings.